The van der Waals surface area contributed by atoms with Crippen LogP contribution in [-0.4, -0.2) is 37.4 Å². The highest BCUT2D eigenvalue weighted by molar-refractivity contribution is 5.69. The Balaban J connectivity index is 1.62. The highest BCUT2D eigenvalue weighted by Gasteiger charge is 2.17. The number of carbonyl (C=O) groups is 1. The number of ether oxygens (including phenoxy) is 2. The number of carbonyl (C=O) groups excluding carboxylic acids is 1. The van der Waals surface area contributed by atoms with Crippen LogP contribution in [0.5, 0.6) is 5.75 Å². The molecule has 1 atom stereocenters. The van der Waals surface area contributed by atoms with Gasteiger partial charge in [-0.05, 0) is 37.3 Å². The number of unbranched alkanes of at least 4 members (excludes halogenated alkanes) is 9. The van der Waals surface area contributed by atoms with Crippen molar-refractivity contribution in [2.24, 2.45) is 0 Å². The number of benzene rings is 2. The third-order valence-corrected chi connectivity index (χ3v) is 6.96. The van der Waals surface area contributed by atoms with E-state index in [1.807, 2.05) is 19.1 Å². The van der Waals surface area contributed by atoms with E-state index in [-0.39, 0.29) is 5.97 Å². The third kappa shape index (κ3) is 14.3. The Labute approximate surface area is 227 Å². The van der Waals surface area contributed by atoms with E-state index in [0.717, 1.165) is 42.6 Å². The fourth-order valence-electron chi connectivity index (χ4n) is 4.86. The van der Waals surface area contributed by atoms with Gasteiger partial charge in [-0.3, -0.25) is 4.79 Å². The predicted molar refractivity (Wildman–Crippen MR) is 155 cm³/mol. The lowest BCUT2D eigenvalue weighted by Crippen LogP contribution is -2.39. The first-order valence-electron chi connectivity index (χ1n) is 14.7. The summed E-state index contributed by atoms with van der Waals surface area (Å²) in [5.41, 5.74) is 2.54. The summed E-state index contributed by atoms with van der Waals surface area (Å²) in [7, 11) is 4.49. The van der Waals surface area contributed by atoms with Gasteiger partial charge in [0.1, 0.15) is 12.3 Å². The molecule has 4 nitrogen and oxygen atoms in total. The Morgan fingerprint density at radius 3 is 2.11 bits per heavy atom. The number of rotatable bonds is 20. The molecule has 0 fully saturated rings. The molecule has 0 aliphatic heterocycles. The van der Waals surface area contributed by atoms with Gasteiger partial charge >= 0.3 is 5.97 Å². The van der Waals surface area contributed by atoms with Crippen LogP contribution in [0.25, 0.3) is 0 Å². The maximum atomic E-state index is 12.4. The van der Waals surface area contributed by atoms with Crippen LogP contribution in [-0.2, 0) is 22.5 Å². The van der Waals surface area contributed by atoms with Crippen molar-refractivity contribution in [2.75, 3.05) is 20.6 Å². The minimum absolute atomic E-state index is 0.183. The lowest BCUT2D eigenvalue weighted by atomic mass is 10.0. The van der Waals surface area contributed by atoms with Crippen molar-refractivity contribution in [3.8, 4) is 5.75 Å². The van der Waals surface area contributed by atoms with Gasteiger partial charge in [0.05, 0.1) is 20.6 Å². The van der Waals surface area contributed by atoms with Crippen molar-refractivity contribution in [2.45, 2.75) is 110 Å². The molecule has 2 rings (SSSR count). The maximum absolute atomic E-state index is 12.4. The third-order valence-electron chi connectivity index (χ3n) is 6.96. The molecule has 1 unspecified atom stereocenters. The molecule has 0 saturated heterocycles. The lowest BCUT2D eigenvalue weighted by Gasteiger charge is -2.30. The normalized spacial score (nSPS) is 12.3. The van der Waals surface area contributed by atoms with Crippen LogP contribution in [0.3, 0.4) is 0 Å². The van der Waals surface area contributed by atoms with Gasteiger partial charge in [0.2, 0.25) is 6.29 Å². The molecule has 0 aliphatic rings. The first-order chi connectivity index (χ1) is 17.9. The zero-order valence-electron chi connectivity index (χ0n) is 24.1. The minimum Gasteiger partial charge on any atom is -0.455 e. The van der Waals surface area contributed by atoms with Gasteiger partial charge in [-0.15, -0.1) is 0 Å². The van der Waals surface area contributed by atoms with Gasteiger partial charge < -0.3 is 14.0 Å². The summed E-state index contributed by atoms with van der Waals surface area (Å²) < 4.78 is 12.5. The summed E-state index contributed by atoms with van der Waals surface area (Å²) in [5.74, 6) is 0.652. The summed E-state index contributed by atoms with van der Waals surface area (Å²) in [5, 5.41) is 0. The van der Waals surface area contributed by atoms with E-state index in [0.29, 0.717) is 6.42 Å². The summed E-state index contributed by atoms with van der Waals surface area (Å²) in [6.07, 6.45) is 14.6. The summed E-state index contributed by atoms with van der Waals surface area (Å²) >= 11 is 0. The van der Waals surface area contributed by atoms with Crippen LogP contribution in [0.4, 0.5) is 0 Å². The standard InChI is InChI=1S/C33H52NO3/c1-5-6-7-8-9-10-11-12-16-23-31-24-17-18-25-32(31)36-29(2)37-33(35)26-19-20-27-34(3,4)28-30-21-14-13-15-22-30/h13-15,17-18,21-22,24-25,29H,5-12,16,19-20,23,26-28H2,1-4H3/q+1. The average molecular weight is 511 g/mol. The van der Waals surface area contributed by atoms with Crippen LogP contribution < -0.4 is 4.74 Å². The number of esters is 1. The molecule has 2 aromatic carbocycles. The molecule has 0 amide bonds. The topological polar surface area (TPSA) is 35.5 Å². The molecular weight excluding hydrogens is 458 g/mol. The van der Waals surface area contributed by atoms with Crippen LogP contribution in [0.1, 0.15) is 102 Å². The molecule has 0 aromatic heterocycles. The fourth-order valence-corrected chi connectivity index (χ4v) is 4.86. The predicted octanol–water partition coefficient (Wildman–Crippen LogP) is 8.47. The average Bonchev–Trinajstić information content (AvgIpc) is 2.87. The van der Waals surface area contributed by atoms with E-state index in [1.165, 1.54) is 68.9 Å². The van der Waals surface area contributed by atoms with Crippen molar-refractivity contribution >= 4 is 5.97 Å². The minimum atomic E-state index is -0.581. The largest absolute Gasteiger partial charge is 0.455 e. The number of aryl methyl sites for hydroxylation is 1. The molecule has 2 aromatic rings. The van der Waals surface area contributed by atoms with Crippen molar-refractivity contribution in [3.63, 3.8) is 0 Å². The molecule has 0 spiro atoms. The number of para-hydroxylation sites is 1. The monoisotopic (exact) mass is 510 g/mol. The van der Waals surface area contributed by atoms with E-state index < -0.39 is 6.29 Å². The van der Waals surface area contributed by atoms with E-state index in [2.05, 4.69) is 63.5 Å². The van der Waals surface area contributed by atoms with Gasteiger partial charge in [-0.25, -0.2) is 0 Å². The van der Waals surface area contributed by atoms with Crippen LogP contribution in [0, 0.1) is 0 Å². The summed E-state index contributed by atoms with van der Waals surface area (Å²) in [4.78, 5) is 12.4. The smallest absolute Gasteiger partial charge is 0.308 e. The van der Waals surface area contributed by atoms with E-state index in [9.17, 15) is 4.79 Å². The van der Waals surface area contributed by atoms with Crippen molar-refractivity contribution in [1.82, 2.24) is 0 Å². The number of hydrogen-bond donors (Lipinski definition) is 0. The quantitative estimate of drug-likeness (QED) is 0.0775. The van der Waals surface area contributed by atoms with Gasteiger partial charge in [-0.1, -0.05) is 107 Å². The van der Waals surface area contributed by atoms with E-state index >= 15 is 0 Å². The maximum Gasteiger partial charge on any atom is 0.308 e. The molecule has 206 valence electrons. The molecule has 0 N–H and O–H groups in total. The molecule has 0 heterocycles. The summed E-state index contributed by atoms with van der Waals surface area (Å²) in [6.45, 7) is 6.10. The molecular formula is C33H52NO3+. The van der Waals surface area contributed by atoms with Gasteiger partial charge in [0, 0.05) is 18.9 Å². The second-order valence-corrected chi connectivity index (χ2v) is 11.1. The zero-order valence-corrected chi connectivity index (χ0v) is 24.1. The molecule has 0 saturated carbocycles. The van der Waals surface area contributed by atoms with E-state index in [4.69, 9.17) is 9.47 Å². The van der Waals surface area contributed by atoms with Crippen molar-refractivity contribution in [1.29, 1.82) is 0 Å². The highest BCUT2D eigenvalue weighted by Crippen LogP contribution is 2.23. The first kappa shape index (κ1) is 30.9. The first-order valence-corrected chi connectivity index (χ1v) is 14.7. The Morgan fingerprint density at radius 2 is 1.41 bits per heavy atom. The molecule has 0 aliphatic carbocycles. The molecule has 0 bridgehead atoms. The SMILES string of the molecule is CCCCCCCCCCCc1ccccc1OC(C)OC(=O)CCCC[N+](C)(C)Cc1ccccc1. The second kappa shape index (κ2) is 18.0. The Kier molecular flexibility index (Phi) is 15.0. The number of nitrogens with zero attached hydrogens (tertiary/aromatic N) is 1. The lowest BCUT2D eigenvalue weighted by molar-refractivity contribution is -0.903. The van der Waals surface area contributed by atoms with Crippen molar-refractivity contribution in [3.05, 3.63) is 65.7 Å². The highest BCUT2D eigenvalue weighted by atomic mass is 16.7. The Bertz CT molecular complexity index is 865. The van der Waals surface area contributed by atoms with Gasteiger partial charge in [0.25, 0.3) is 0 Å². The van der Waals surface area contributed by atoms with E-state index in [1.54, 1.807) is 0 Å². The number of hydrogen-bond acceptors (Lipinski definition) is 3. The summed E-state index contributed by atoms with van der Waals surface area (Å²) in [6, 6.07) is 18.7. The van der Waals surface area contributed by atoms with Gasteiger partial charge in [-0.2, -0.15) is 0 Å². The van der Waals surface area contributed by atoms with Crippen molar-refractivity contribution < 1.29 is 18.8 Å². The van der Waals surface area contributed by atoms with Crippen LogP contribution >= 0.6 is 0 Å². The number of quaternary nitrogens is 1. The van der Waals surface area contributed by atoms with Crippen LogP contribution in [0.2, 0.25) is 0 Å². The Morgan fingerprint density at radius 1 is 0.784 bits per heavy atom. The van der Waals surface area contributed by atoms with Crippen LogP contribution in [0.15, 0.2) is 54.6 Å². The second-order valence-electron chi connectivity index (χ2n) is 11.1. The zero-order chi connectivity index (χ0) is 26.8. The Hall–Kier alpha value is -2.33. The van der Waals surface area contributed by atoms with Gasteiger partial charge in [0.15, 0.2) is 0 Å². The molecule has 4 heteroatoms. The molecule has 0 radical (unpaired) electrons. The fraction of sp³-hybridized carbons (Fsp3) is 0.606. The molecule has 37 heavy (non-hydrogen) atoms.